The number of carbonyl (C=O) groups excluding carboxylic acids is 1. The summed E-state index contributed by atoms with van der Waals surface area (Å²) in [7, 11) is 1.90. The summed E-state index contributed by atoms with van der Waals surface area (Å²) in [5.74, 6) is 1.78. The maximum absolute atomic E-state index is 14.0. The number of benzene rings is 2. The standard InChI is InChI=1S/C36H37N7O.CH4/c1-35(2)20-42(21-36(35)11-4-12-36)18-24-5-7-26-19-43(34(44)29(26)14-24)32-16-27(15-31(39-32)25-8-9-25)28-10-6-23(17-37)13-30(28)33-40-38-22-41(33)3;/h5-7,10,13-16,22,25H,4,8-9,11-12,18-21H2,1-3H3;1H4. The van der Waals surface area contributed by atoms with Crippen LogP contribution in [0.3, 0.4) is 0 Å². The Labute approximate surface area is 265 Å². The third-order valence-corrected chi connectivity index (χ3v) is 10.8. The van der Waals surface area contributed by atoms with E-state index in [1.54, 1.807) is 6.33 Å². The number of amides is 1. The first-order valence-corrected chi connectivity index (χ1v) is 15.8. The molecule has 8 heteroatoms. The summed E-state index contributed by atoms with van der Waals surface area (Å²) >= 11 is 0. The van der Waals surface area contributed by atoms with Crippen LogP contribution in [0.5, 0.6) is 0 Å². The van der Waals surface area contributed by atoms with E-state index >= 15 is 0 Å². The molecule has 2 aromatic carbocycles. The van der Waals surface area contributed by atoms with Gasteiger partial charge in [0.05, 0.1) is 18.2 Å². The summed E-state index contributed by atoms with van der Waals surface area (Å²) < 4.78 is 1.86. The highest BCUT2D eigenvalue weighted by Crippen LogP contribution is 2.58. The molecule has 3 fully saturated rings. The summed E-state index contributed by atoms with van der Waals surface area (Å²) in [5.41, 5.74) is 8.16. The number of hydrogen-bond acceptors (Lipinski definition) is 6. The molecule has 8 nitrogen and oxygen atoms in total. The minimum atomic E-state index is 0. The van der Waals surface area contributed by atoms with E-state index in [1.807, 2.05) is 40.8 Å². The van der Waals surface area contributed by atoms with Gasteiger partial charge in [-0.15, -0.1) is 10.2 Å². The first-order chi connectivity index (χ1) is 21.2. The van der Waals surface area contributed by atoms with Crippen LogP contribution in [-0.4, -0.2) is 43.6 Å². The fraction of sp³-hybridized carbons (Fsp3) is 0.432. The smallest absolute Gasteiger partial charge is 0.260 e. The second-order valence-electron chi connectivity index (χ2n) is 14.1. The number of anilines is 1. The zero-order chi connectivity index (χ0) is 30.2. The Hall–Kier alpha value is -4.35. The fourth-order valence-electron chi connectivity index (χ4n) is 7.86. The zero-order valence-electron chi connectivity index (χ0n) is 25.7. The Morgan fingerprint density at radius 2 is 1.82 bits per heavy atom. The third-order valence-electron chi connectivity index (χ3n) is 10.8. The van der Waals surface area contributed by atoms with Gasteiger partial charge in [-0.05, 0) is 89.1 Å². The number of pyridine rings is 1. The number of hydrogen-bond donors (Lipinski definition) is 0. The largest absolute Gasteiger partial charge is 0.317 e. The van der Waals surface area contributed by atoms with Gasteiger partial charge in [-0.3, -0.25) is 14.6 Å². The zero-order valence-corrected chi connectivity index (χ0v) is 25.7. The molecule has 2 aromatic heterocycles. The predicted molar refractivity (Wildman–Crippen MR) is 175 cm³/mol. The van der Waals surface area contributed by atoms with Gasteiger partial charge in [-0.25, -0.2) is 4.98 Å². The molecular weight excluding hydrogens is 558 g/mol. The molecule has 45 heavy (non-hydrogen) atoms. The molecule has 0 unspecified atom stereocenters. The summed E-state index contributed by atoms with van der Waals surface area (Å²) in [5, 5.41) is 18.1. The normalized spacial score (nSPS) is 19.7. The van der Waals surface area contributed by atoms with E-state index in [4.69, 9.17) is 4.98 Å². The molecule has 4 aromatic rings. The molecule has 0 atom stereocenters. The first kappa shape index (κ1) is 29.4. The number of nitriles is 1. The molecule has 1 spiro atoms. The summed E-state index contributed by atoms with van der Waals surface area (Å²) in [6.45, 7) is 8.52. The van der Waals surface area contributed by atoms with E-state index in [0.717, 1.165) is 66.0 Å². The molecule has 8 rings (SSSR count). The molecule has 0 bridgehead atoms. The van der Waals surface area contributed by atoms with E-state index in [1.165, 1.54) is 24.8 Å². The number of fused-ring (bicyclic) bond motifs is 1. The predicted octanol–water partition coefficient (Wildman–Crippen LogP) is 7.10. The summed E-state index contributed by atoms with van der Waals surface area (Å²) in [6, 6.07) is 18.5. The Bertz CT molecular complexity index is 1860. The highest BCUT2D eigenvalue weighted by Gasteiger charge is 2.54. The van der Waals surface area contributed by atoms with Crippen molar-refractivity contribution >= 4 is 11.7 Å². The van der Waals surface area contributed by atoms with Gasteiger partial charge in [-0.1, -0.05) is 45.9 Å². The lowest BCUT2D eigenvalue weighted by Gasteiger charge is -2.48. The van der Waals surface area contributed by atoms with Crippen molar-refractivity contribution in [2.24, 2.45) is 17.9 Å². The van der Waals surface area contributed by atoms with Crippen LogP contribution < -0.4 is 4.90 Å². The highest BCUT2D eigenvalue weighted by molar-refractivity contribution is 6.10. The number of aryl methyl sites for hydroxylation is 1. The molecule has 4 aliphatic rings. The highest BCUT2D eigenvalue weighted by atomic mass is 16.2. The number of aromatic nitrogens is 4. The van der Waals surface area contributed by atoms with Gasteiger partial charge in [0, 0.05) is 49.4 Å². The SMILES string of the molecule is C.Cn1cnnc1-c1cc(C#N)ccc1-c1cc(C2CC2)nc(N2Cc3ccc(CN4CC(C)(C)C5(CCC5)C4)cc3C2=O)c1. The van der Waals surface area contributed by atoms with Crippen molar-refractivity contribution in [3.8, 4) is 28.6 Å². The second-order valence-corrected chi connectivity index (χ2v) is 14.1. The molecule has 1 saturated heterocycles. The molecule has 4 heterocycles. The van der Waals surface area contributed by atoms with Crippen molar-refractivity contribution in [2.75, 3.05) is 18.0 Å². The van der Waals surface area contributed by atoms with Gasteiger partial charge >= 0.3 is 0 Å². The quantitative estimate of drug-likeness (QED) is 0.235. The van der Waals surface area contributed by atoms with Crippen LogP contribution in [0.25, 0.3) is 22.5 Å². The van der Waals surface area contributed by atoms with Gasteiger partial charge in [0.1, 0.15) is 12.1 Å². The van der Waals surface area contributed by atoms with Gasteiger partial charge in [0.15, 0.2) is 5.82 Å². The molecule has 2 aliphatic carbocycles. The Kier molecular flexibility index (Phi) is 6.94. The third kappa shape index (κ3) is 4.85. The van der Waals surface area contributed by atoms with Gasteiger partial charge < -0.3 is 4.57 Å². The minimum absolute atomic E-state index is 0. The Morgan fingerprint density at radius 3 is 2.49 bits per heavy atom. The number of rotatable bonds is 6. The van der Waals surface area contributed by atoms with Gasteiger partial charge in [0.25, 0.3) is 5.91 Å². The fourth-order valence-corrected chi connectivity index (χ4v) is 7.86. The van der Waals surface area contributed by atoms with Crippen molar-refractivity contribution in [1.29, 1.82) is 5.26 Å². The summed E-state index contributed by atoms with van der Waals surface area (Å²) in [4.78, 5) is 23.5. The van der Waals surface area contributed by atoms with Crippen molar-refractivity contribution in [1.82, 2.24) is 24.6 Å². The minimum Gasteiger partial charge on any atom is -0.317 e. The molecule has 2 aliphatic heterocycles. The van der Waals surface area contributed by atoms with Crippen molar-refractivity contribution < 1.29 is 4.79 Å². The Morgan fingerprint density at radius 1 is 1.00 bits per heavy atom. The average Bonchev–Trinajstić information content (AvgIpc) is 3.60. The summed E-state index contributed by atoms with van der Waals surface area (Å²) in [6.07, 6.45) is 7.90. The van der Waals surface area contributed by atoms with E-state index in [-0.39, 0.29) is 13.3 Å². The lowest BCUT2D eigenvalue weighted by Crippen LogP contribution is -2.42. The molecular formula is C37H41N7O. The molecule has 0 N–H and O–H groups in total. The second kappa shape index (κ2) is 10.6. The van der Waals surface area contributed by atoms with E-state index in [9.17, 15) is 10.1 Å². The van der Waals surface area contributed by atoms with Crippen molar-refractivity contribution in [3.63, 3.8) is 0 Å². The van der Waals surface area contributed by atoms with E-state index in [2.05, 4.69) is 59.3 Å². The number of carbonyl (C=O) groups is 1. The van der Waals surface area contributed by atoms with Gasteiger partial charge in [-0.2, -0.15) is 5.26 Å². The lowest BCUT2D eigenvalue weighted by atomic mass is 9.56. The van der Waals surface area contributed by atoms with Crippen LogP contribution >= 0.6 is 0 Å². The van der Waals surface area contributed by atoms with Crippen LogP contribution in [-0.2, 0) is 20.1 Å². The van der Waals surface area contributed by atoms with Crippen LogP contribution in [0.4, 0.5) is 5.82 Å². The molecule has 1 amide bonds. The van der Waals surface area contributed by atoms with Crippen LogP contribution in [0.1, 0.15) is 92.0 Å². The number of nitrogens with zero attached hydrogens (tertiary/aromatic N) is 7. The Balaban J connectivity index is 0.00000325. The van der Waals surface area contributed by atoms with Crippen LogP contribution in [0.2, 0.25) is 0 Å². The van der Waals surface area contributed by atoms with E-state index in [0.29, 0.717) is 40.5 Å². The van der Waals surface area contributed by atoms with Gasteiger partial charge in [0.2, 0.25) is 0 Å². The van der Waals surface area contributed by atoms with Crippen molar-refractivity contribution in [2.45, 2.75) is 72.4 Å². The maximum atomic E-state index is 14.0. The average molecular weight is 600 g/mol. The monoisotopic (exact) mass is 599 g/mol. The molecule has 0 radical (unpaired) electrons. The maximum Gasteiger partial charge on any atom is 0.260 e. The van der Waals surface area contributed by atoms with Crippen molar-refractivity contribution in [3.05, 3.63) is 82.8 Å². The topological polar surface area (TPSA) is 90.9 Å². The first-order valence-electron chi connectivity index (χ1n) is 15.8. The number of likely N-dealkylation sites (tertiary alicyclic amines) is 1. The van der Waals surface area contributed by atoms with Crippen LogP contribution in [0, 0.1) is 22.2 Å². The van der Waals surface area contributed by atoms with E-state index < -0.39 is 0 Å². The lowest BCUT2D eigenvalue weighted by molar-refractivity contribution is 0.0347. The van der Waals surface area contributed by atoms with Crippen LogP contribution in [0.15, 0.2) is 54.9 Å². The molecule has 2 saturated carbocycles. The molecule has 230 valence electrons.